The van der Waals surface area contributed by atoms with Crippen LogP contribution >= 0.6 is 0 Å². The minimum absolute atomic E-state index is 0.178. The van der Waals surface area contributed by atoms with E-state index >= 15 is 0 Å². The fraction of sp³-hybridized carbons (Fsp3) is 0.467. The minimum Gasteiger partial charge on any atom is -0.493 e. The fourth-order valence-electron chi connectivity index (χ4n) is 2.55. The average molecular weight is 309 g/mol. The van der Waals surface area contributed by atoms with Crippen LogP contribution in [0, 0.1) is 0 Å². The number of amides is 1. The zero-order valence-corrected chi connectivity index (χ0v) is 12.5. The molecular weight excluding hydrogens is 290 g/mol. The van der Waals surface area contributed by atoms with Crippen LogP contribution in [-0.4, -0.2) is 50.0 Å². The van der Waals surface area contributed by atoms with E-state index in [2.05, 4.69) is 5.32 Å². The Labute approximate surface area is 128 Å². The van der Waals surface area contributed by atoms with Crippen molar-refractivity contribution in [1.29, 1.82) is 0 Å². The zero-order chi connectivity index (χ0) is 16.2. The predicted octanol–water partition coefficient (Wildman–Crippen LogP) is 1.07. The second-order valence-corrected chi connectivity index (χ2v) is 5.15. The Morgan fingerprint density at radius 1 is 1.36 bits per heavy atom. The molecule has 120 valence electrons. The van der Waals surface area contributed by atoms with Crippen LogP contribution in [0.2, 0.25) is 0 Å². The van der Waals surface area contributed by atoms with Crippen LogP contribution in [0.15, 0.2) is 18.2 Å². The van der Waals surface area contributed by atoms with Gasteiger partial charge in [0.25, 0.3) is 5.91 Å². The first kappa shape index (κ1) is 16.1. The second kappa shape index (κ2) is 6.65. The fourth-order valence-corrected chi connectivity index (χ4v) is 2.55. The number of carboxylic acid groups (broad SMARTS) is 1. The molecule has 1 unspecified atom stereocenters. The number of hydrogen-bond acceptors (Lipinski definition) is 5. The van der Waals surface area contributed by atoms with Gasteiger partial charge in [0, 0.05) is 6.61 Å². The number of carboxylic acids is 1. The minimum atomic E-state index is -0.983. The quantitative estimate of drug-likeness (QED) is 0.816. The first-order chi connectivity index (χ1) is 10.5. The maximum Gasteiger partial charge on any atom is 0.305 e. The SMILES string of the molecule is COc1cccc(C(=O)NC2(CC(=O)O)CCOC2)c1OC. The number of carbonyl (C=O) groups is 2. The van der Waals surface area contributed by atoms with E-state index in [-0.39, 0.29) is 13.0 Å². The highest BCUT2D eigenvalue weighted by Gasteiger charge is 2.39. The molecule has 1 aliphatic rings. The van der Waals surface area contributed by atoms with Crippen molar-refractivity contribution in [2.45, 2.75) is 18.4 Å². The highest BCUT2D eigenvalue weighted by Crippen LogP contribution is 2.31. The summed E-state index contributed by atoms with van der Waals surface area (Å²) in [5.41, 5.74) is -0.602. The van der Waals surface area contributed by atoms with Crippen molar-refractivity contribution in [3.8, 4) is 11.5 Å². The molecule has 22 heavy (non-hydrogen) atoms. The number of carbonyl (C=O) groups excluding carboxylic acids is 1. The summed E-state index contributed by atoms with van der Waals surface area (Å²) in [6.07, 6.45) is 0.266. The number of benzene rings is 1. The van der Waals surface area contributed by atoms with Gasteiger partial charge in [0.2, 0.25) is 0 Å². The van der Waals surface area contributed by atoms with Gasteiger partial charge in [0.1, 0.15) is 0 Å². The molecule has 1 saturated heterocycles. The smallest absolute Gasteiger partial charge is 0.305 e. The topological polar surface area (TPSA) is 94.1 Å². The van der Waals surface area contributed by atoms with Crippen LogP contribution in [0.4, 0.5) is 0 Å². The van der Waals surface area contributed by atoms with E-state index in [0.717, 1.165) is 0 Å². The molecule has 0 saturated carbocycles. The molecule has 7 heteroatoms. The van der Waals surface area contributed by atoms with Gasteiger partial charge in [-0.25, -0.2) is 0 Å². The van der Waals surface area contributed by atoms with Gasteiger partial charge in [-0.05, 0) is 18.6 Å². The van der Waals surface area contributed by atoms with Crippen molar-refractivity contribution >= 4 is 11.9 Å². The van der Waals surface area contributed by atoms with E-state index in [1.807, 2.05) is 0 Å². The van der Waals surface area contributed by atoms with Gasteiger partial charge in [-0.15, -0.1) is 0 Å². The molecule has 0 spiro atoms. The molecule has 1 aromatic carbocycles. The number of ether oxygens (including phenoxy) is 3. The highest BCUT2D eigenvalue weighted by molar-refractivity contribution is 5.98. The van der Waals surface area contributed by atoms with Crippen LogP contribution in [0.3, 0.4) is 0 Å². The number of para-hydroxylation sites is 1. The van der Waals surface area contributed by atoms with Gasteiger partial charge >= 0.3 is 5.97 Å². The van der Waals surface area contributed by atoms with Crippen LogP contribution in [-0.2, 0) is 9.53 Å². The molecule has 0 aromatic heterocycles. The molecule has 2 N–H and O–H groups in total. The second-order valence-electron chi connectivity index (χ2n) is 5.15. The van der Waals surface area contributed by atoms with Crippen LogP contribution in [0.25, 0.3) is 0 Å². The lowest BCUT2D eigenvalue weighted by atomic mass is 9.93. The Balaban J connectivity index is 2.26. The normalized spacial score (nSPS) is 20.5. The predicted molar refractivity (Wildman–Crippen MR) is 77.4 cm³/mol. The summed E-state index contributed by atoms with van der Waals surface area (Å²) in [4.78, 5) is 23.6. The molecule has 1 aromatic rings. The molecule has 1 fully saturated rings. The standard InChI is InChI=1S/C15H19NO6/c1-20-11-5-3-4-10(13(11)21-2)14(19)16-15(8-12(17)18)6-7-22-9-15/h3-5H,6-9H2,1-2H3,(H,16,19)(H,17,18). The molecule has 0 bridgehead atoms. The Kier molecular flexibility index (Phi) is 4.87. The van der Waals surface area contributed by atoms with E-state index in [0.29, 0.717) is 30.1 Å². The molecule has 1 atom stereocenters. The zero-order valence-electron chi connectivity index (χ0n) is 12.5. The van der Waals surface area contributed by atoms with Gasteiger partial charge < -0.3 is 24.6 Å². The monoisotopic (exact) mass is 309 g/mol. The van der Waals surface area contributed by atoms with E-state index in [4.69, 9.17) is 19.3 Å². The van der Waals surface area contributed by atoms with Crippen LogP contribution < -0.4 is 14.8 Å². The van der Waals surface area contributed by atoms with Crippen molar-refractivity contribution in [3.05, 3.63) is 23.8 Å². The van der Waals surface area contributed by atoms with Crippen molar-refractivity contribution < 1.29 is 28.9 Å². The number of rotatable bonds is 6. The Hall–Kier alpha value is -2.28. The molecule has 1 heterocycles. The number of methoxy groups -OCH3 is 2. The Morgan fingerprint density at radius 3 is 2.68 bits per heavy atom. The van der Waals surface area contributed by atoms with Crippen molar-refractivity contribution in [2.24, 2.45) is 0 Å². The third-order valence-electron chi connectivity index (χ3n) is 3.62. The highest BCUT2D eigenvalue weighted by atomic mass is 16.5. The molecular formula is C15H19NO6. The molecule has 7 nitrogen and oxygen atoms in total. The van der Waals surface area contributed by atoms with Crippen LogP contribution in [0.5, 0.6) is 11.5 Å². The van der Waals surface area contributed by atoms with Gasteiger partial charge in [-0.1, -0.05) is 6.07 Å². The Bertz CT molecular complexity index is 565. The Morgan fingerprint density at radius 2 is 2.14 bits per heavy atom. The number of aliphatic carboxylic acids is 1. The molecule has 1 aliphatic heterocycles. The van der Waals surface area contributed by atoms with Crippen molar-refractivity contribution in [2.75, 3.05) is 27.4 Å². The lowest BCUT2D eigenvalue weighted by Gasteiger charge is -2.27. The summed E-state index contributed by atoms with van der Waals surface area (Å²) in [7, 11) is 2.93. The summed E-state index contributed by atoms with van der Waals surface area (Å²) in [5, 5.41) is 11.8. The molecule has 0 aliphatic carbocycles. The largest absolute Gasteiger partial charge is 0.493 e. The summed E-state index contributed by atoms with van der Waals surface area (Å²) in [6.45, 7) is 0.597. The lowest BCUT2D eigenvalue weighted by molar-refractivity contribution is -0.138. The van der Waals surface area contributed by atoms with E-state index in [9.17, 15) is 9.59 Å². The molecule has 0 radical (unpaired) electrons. The summed E-state index contributed by atoms with van der Waals surface area (Å²) < 4.78 is 15.7. The van der Waals surface area contributed by atoms with Gasteiger partial charge in [0.05, 0.1) is 38.3 Å². The maximum absolute atomic E-state index is 12.5. The molecule has 1 amide bonds. The maximum atomic E-state index is 12.5. The van der Waals surface area contributed by atoms with Gasteiger partial charge in [0.15, 0.2) is 11.5 Å². The van der Waals surface area contributed by atoms with Crippen molar-refractivity contribution in [1.82, 2.24) is 5.32 Å². The lowest BCUT2D eigenvalue weighted by Crippen LogP contribution is -2.50. The summed E-state index contributed by atoms with van der Waals surface area (Å²) in [5.74, 6) is -0.650. The first-order valence-electron chi connectivity index (χ1n) is 6.84. The van der Waals surface area contributed by atoms with E-state index < -0.39 is 17.4 Å². The van der Waals surface area contributed by atoms with E-state index in [1.165, 1.54) is 14.2 Å². The van der Waals surface area contributed by atoms with Crippen molar-refractivity contribution in [3.63, 3.8) is 0 Å². The third kappa shape index (κ3) is 3.30. The van der Waals surface area contributed by atoms with E-state index in [1.54, 1.807) is 18.2 Å². The number of nitrogens with one attached hydrogen (secondary N) is 1. The van der Waals surface area contributed by atoms with Crippen LogP contribution in [0.1, 0.15) is 23.2 Å². The number of hydrogen-bond donors (Lipinski definition) is 2. The van der Waals surface area contributed by atoms with Gasteiger partial charge in [-0.2, -0.15) is 0 Å². The van der Waals surface area contributed by atoms with Gasteiger partial charge in [-0.3, -0.25) is 9.59 Å². The average Bonchev–Trinajstić information content (AvgIpc) is 2.93. The first-order valence-corrected chi connectivity index (χ1v) is 6.84. The summed E-state index contributed by atoms with van der Waals surface area (Å²) >= 11 is 0. The third-order valence-corrected chi connectivity index (χ3v) is 3.62. The summed E-state index contributed by atoms with van der Waals surface area (Å²) in [6, 6.07) is 4.95. The molecule has 2 rings (SSSR count).